The Morgan fingerprint density at radius 1 is 1.03 bits per heavy atom. The summed E-state index contributed by atoms with van der Waals surface area (Å²) in [5.41, 5.74) is 2.75. The number of carbonyl (C=O) groups is 1. The largest absolute Gasteiger partial charge is 0.493 e. The molecule has 2 aromatic carbocycles. The van der Waals surface area contributed by atoms with Crippen LogP contribution in [0.4, 0.5) is 5.69 Å². The monoisotopic (exact) mass is 488 g/mol. The zero-order chi connectivity index (χ0) is 24.2. The lowest BCUT2D eigenvalue weighted by Crippen LogP contribution is -2.20. The average Bonchev–Trinajstić information content (AvgIpc) is 3.30. The molecule has 0 fully saturated rings. The minimum Gasteiger partial charge on any atom is -0.493 e. The van der Waals surface area contributed by atoms with Crippen LogP contribution >= 0.6 is 11.6 Å². The van der Waals surface area contributed by atoms with E-state index in [1.54, 1.807) is 49.7 Å². The van der Waals surface area contributed by atoms with Crippen LogP contribution in [0.5, 0.6) is 17.2 Å². The summed E-state index contributed by atoms with van der Waals surface area (Å²) in [6, 6.07) is 18.0. The molecule has 176 valence electrons. The molecule has 0 spiro atoms. The van der Waals surface area contributed by atoms with Crippen molar-refractivity contribution in [2.75, 3.05) is 19.0 Å². The zero-order valence-electron chi connectivity index (χ0n) is 18.8. The van der Waals surface area contributed by atoms with E-state index >= 15 is 0 Å². The number of ether oxygens (including phenoxy) is 3. The van der Waals surface area contributed by atoms with Gasteiger partial charge >= 0.3 is 0 Å². The first-order chi connectivity index (χ1) is 17.1. The number of benzene rings is 2. The van der Waals surface area contributed by atoms with Crippen LogP contribution in [0.25, 0.3) is 16.6 Å². The summed E-state index contributed by atoms with van der Waals surface area (Å²) in [5.74, 6) is 1.17. The highest BCUT2D eigenvalue weighted by atomic mass is 35.5. The van der Waals surface area contributed by atoms with Crippen LogP contribution in [0.1, 0.15) is 5.69 Å². The maximum absolute atomic E-state index is 12.6. The Morgan fingerprint density at radius 3 is 2.77 bits per heavy atom. The molecule has 3 heterocycles. The lowest BCUT2D eigenvalue weighted by Gasteiger charge is -2.13. The second-order valence-electron chi connectivity index (χ2n) is 7.63. The van der Waals surface area contributed by atoms with E-state index in [-0.39, 0.29) is 19.1 Å². The minimum atomic E-state index is -0.333. The summed E-state index contributed by atoms with van der Waals surface area (Å²) in [6.07, 6.45) is 5.48. The summed E-state index contributed by atoms with van der Waals surface area (Å²) < 4.78 is 19.0. The molecule has 1 N–H and O–H groups in total. The Labute approximate surface area is 206 Å². The number of nitrogens with one attached hydrogen (secondary N) is 1. The predicted octanol–water partition coefficient (Wildman–Crippen LogP) is 5.14. The van der Waals surface area contributed by atoms with Gasteiger partial charge in [0, 0.05) is 35.7 Å². The van der Waals surface area contributed by atoms with Crippen LogP contribution in [0, 0.1) is 0 Å². The number of pyridine rings is 2. The highest BCUT2D eigenvalue weighted by Gasteiger charge is 2.12. The number of hydrogen-bond donors (Lipinski definition) is 1. The van der Waals surface area contributed by atoms with Gasteiger partial charge in [0.15, 0.2) is 18.1 Å². The maximum atomic E-state index is 12.6. The van der Waals surface area contributed by atoms with Gasteiger partial charge in [-0.2, -0.15) is 0 Å². The molecule has 0 aliphatic rings. The van der Waals surface area contributed by atoms with E-state index in [0.717, 1.165) is 16.7 Å². The normalized spacial score (nSPS) is 10.9. The fourth-order valence-electron chi connectivity index (χ4n) is 3.64. The lowest BCUT2D eigenvalue weighted by molar-refractivity contribution is -0.118. The lowest BCUT2D eigenvalue weighted by atomic mass is 10.2. The number of anilines is 1. The smallest absolute Gasteiger partial charge is 0.262 e. The topological polar surface area (TPSA) is 87.0 Å². The molecule has 5 rings (SSSR count). The summed E-state index contributed by atoms with van der Waals surface area (Å²) in [6.45, 7) is 0.0476. The Hall–Kier alpha value is -4.30. The average molecular weight is 489 g/mol. The number of hydrogen-bond acceptors (Lipinski definition) is 6. The van der Waals surface area contributed by atoms with Gasteiger partial charge in [-0.05, 0) is 48.5 Å². The Morgan fingerprint density at radius 2 is 1.91 bits per heavy atom. The second kappa shape index (κ2) is 9.90. The molecule has 0 atom stereocenters. The number of carbonyl (C=O) groups excluding carboxylic acids is 1. The van der Waals surface area contributed by atoms with Crippen LogP contribution in [0.15, 0.2) is 79.3 Å². The summed E-state index contributed by atoms with van der Waals surface area (Å²) in [4.78, 5) is 21.4. The fourth-order valence-corrected chi connectivity index (χ4v) is 3.86. The number of aromatic nitrogens is 3. The Kier molecular flexibility index (Phi) is 6.36. The van der Waals surface area contributed by atoms with E-state index in [2.05, 4.69) is 15.3 Å². The van der Waals surface area contributed by atoms with Crippen LogP contribution in [-0.2, 0) is 11.4 Å². The molecule has 0 aliphatic heterocycles. The van der Waals surface area contributed by atoms with Crippen LogP contribution < -0.4 is 19.5 Å². The van der Waals surface area contributed by atoms with E-state index in [9.17, 15) is 4.79 Å². The number of halogens is 1. The molecule has 9 heteroatoms. The maximum Gasteiger partial charge on any atom is 0.262 e. The number of rotatable bonds is 8. The number of amides is 1. The van der Waals surface area contributed by atoms with Crippen molar-refractivity contribution >= 4 is 39.7 Å². The molecule has 35 heavy (non-hydrogen) atoms. The molecule has 0 bridgehead atoms. The molecule has 0 radical (unpaired) electrons. The van der Waals surface area contributed by atoms with Gasteiger partial charge in [0.05, 0.1) is 17.8 Å². The van der Waals surface area contributed by atoms with Crippen molar-refractivity contribution in [3.8, 4) is 17.2 Å². The van der Waals surface area contributed by atoms with Gasteiger partial charge in [-0.25, -0.2) is 4.98 Å². The third kappa shape index (κ3) is 4.97. The Balaban J connectivity index is 1.25. The number of fused-ring (bicyclic) bond motifs is 2. The van der Waals surface area contributed by atoms with E-state index in [1.165, 1.54) is 0 Å². The summed E-state index contributed by atoms with van der Waals surface area (Å²) in [5, 5.41) is 4.15. The van der Waals surface area contributed by atoms with E-state index < -0.39 is 0 Å². The van der Waals surface area contributed by atoms with Gasteiger partial charge in [0.1, 0.15) is 23.5 Å². The highest BCUT2D eigenvalue weighted by molar-refractivity contribution is 6.35. The molecule has 1 amide bonds. The van der Waals surface area contributed by atoms with Crippen molar-refractivity contribution < 1.29 is 19.0 Å². The first-order valence-electron chi connectivity index (χ1n) is 10.8. The second-order valence-corrected chi connectivity index (χ2v) is 8.04. The summed E-state index contributed by atoms with van der Waals surface area (Å²) >= 11 is 6.22. The van der Waals surface area contributed by atoms with Gasteiger partial charge in [-0.15, -0.1) is 0 Å². The van der Waals surface area contributed by atoms with Gasteiger partial charge in [0.2, 0.25) is 0 Å². The molecule has 0 saturated carbocycles. The van der Waals surface area contributed by atoms with E-state index in [0.29, 0.717) is 33.5 Å². The van der Waals surface area contributed by atoms with Gasteiger partial charge in [-0.1, -0.05) is 17.7 Å². The SMILES string of the molecule is COc1ccc(NC(=O)COc2ccc(Cl)c3cccnc23)cc1OCc1cn2ccccc2n1. The quantitative estimate of drug-likeness (QED) is 0.325. The van der Waals surface area contributed by atoms with Crippen LogP contribution in [-0.4, -0.2) is 34.0 Å². The number of nitrogens with zero attached hydrogens (tertiary/aromatic N) is 3. The number of imidazole rings is 1. The first-order valence-corrected chi connectivity index (χ1v) is 11.2. The third-order valence-corrected chi connectivity index (χ3v) is 5.60. The molecule has 5 aromatic rings. The Bertz CT molecular complexity index is 1490. The molecular formula is C26H21ClN4O4. The molecule has 0 unspecified atom stereocenters. The van der Waals surface area contributed by atoms with E-state index in [1.807, 2.05) is 41.1 Å². The first kappa shape index (κ1) is 22.5. The molecular weight excluding hydrogens is 468 g/mol. The van der Waals surface area contributed by atoms with Crippen molar-refractivity contribution in [1.29, 1.82) is 0 Å². The van der Waals surface area contributed by atoms with Crippen LogP contribution in [0.3, 0.4) is 0 Å². The summed E-state index contributed by atoms with van der Waals surface area (Å²) in [7, 11) is 1.56. The minimum absolute atomic E-state index is 0.198. The van der Waals surface area contributed by atoms with Crippen molar-refractivity contribution in [3.63, 3.8) is 0 Å². The van der Waals surface area contributed by atoms with Crippen molar-refractivity contribution in [2.45, 2.75) is 6.61 Å². The van der Waals surface area contributed by atoms with Gasteiger partial charge in [0.25, 0.3) is 5.91 Å². The fraction of sp³-hybridized carbons (Fsp3) is 0.115. The zero-order valence-corrected chi connectivity index (χ0v) is 19.5. The third-order valence-electron chi connectivity index (χ3n) is 5.28. The molecule has 8 nitrogen and oxygen atoms in total. The molecule has 3 aromatic heterocycles. The van der Waals surface area contributed by atoms with Gasteiger partial charge < -0.3 is 23.9 Å². The van der Waals surface area contributed by atoms with E-state index in [4.69, 9.17) is 25.8 Å². The van der Waals surface area contributed by atoms with Crippen molar-refractivity contribution in [3.05, 3.63) is 90.0 Å². The number of methoxy groups -OCH3 is 1. The standard InChI is InChI=1S/C26H21ClN4O4/c1-33-21-9-7-17(13-23(21)34-15-18-14-31-12-3-2-6-24(31)29-18)30-25(32)16-35-22-10-8-20(27)19-5-4-11-28-26(19)22/h2-14H,15-16H2,1H3,(H,30,32). The molecule has 0 saturated heterocycles. The van der Waals surface area contributed by atoms with Crippen LogP contribution in [0.2, 0.25) is 5.02 Å². The predicted molar refractivity (Wildman–Crippen MR) is 133 cm³/mol. The highest BCUT2D eigenvalue weighted by Crippen LogP contribution is 2.32. The van der Waals surface area contributed by atoms with Crippen molar-refractivity contribution in [1.82, 2.24) is 14.4 Å². The molecule has 0 aliphatic carbocycles. The van der Waals surface area contributed by atoms with Crippen molar-refractivity contribution in [2.24, 2.45) is 0 Å². The van der Waals surface area contributed by atoms with Gasteiger partial charge in [-0.3, -0.25) is 9.78 Å².